The molecule has 0 radical (unpaired) electrons. The Kier molecular flexibility index (Phi) is 9.25. The van der Waals surface area contributed by atoms with Crippen molar-refractivity contribution in [1.82, 2.24) is 0 Å². The van der Waals surface area contributed by atoms with Crippen molar-refractivity contribution in [2.24, 2.45) is 0 Å². The molecule has 0 saturated heterocycles. The zero-order chi connectivity index (χ0) is 3.58. The van der Waals surface area contributed by atoms with E-state index < -0.39 is 4.88 Å². The molecule has 0 aliphatic rings. The first-order chi connectivity index (χ1) is 1.73. The van der Waals surface area contributed by atoms with Crippen molar-refractivity contribution >= 4 is 20.8 Å². The van der Waals surface area contributed by atoms with Gasteiger partial charge < -0.3 is 6.53 Å². The van der Waals surface area contributed by atoms with Gasteiger partial charge in [0.1, 0.15) is 0 Å². The molecule has 26 valence electrons. The molecule has 0 aliphatic carbocycles. The Balaban J connectivity index is -0.0000000450. The largest absolute Gasteiger partial charge is 1.00 e. The predicted molar refractivity (Wildman–Crippen MR) is 18.1 cm³/mol. The molecule has 5 heavy (non-hydrogen) atoms. The van der Waals surface area contributed by atoms with Gasteiger partial charge in [0.05, 0.1) is 0 Å². The fraction of sp³-hybridized carbons (Fsp3) is 0. The average Bonchev–Trinajstić information content (AvgIpc) is 0.811. The Hall–Kier alpha value is 0.950. The van der Waals surface area contributed by atoms with E-state index in [4.69, 9.17) is 9.90 Å². The van der Waals surface area contributed by atoms with E-state index in [9.17, 15) is 0 Å². The number of carboxylic acid groups (broad SMARTS) is 1. The second kappa shape index (κ2) is 4.95. The number of rotatable bonds is 0. The monoisotopic (exact) mass is 148 g/mol. The fourth-order valence-electron chi connectivity index (χ4n) is 0. The van der Waals surface area contributed by atoms with Crippen LogP contribution in [0.25, 0.3) is 0 Å². The van der Waals surface area contributed by atoms with Gasteiger partial charge in [-0.15, -0.1) is 0 Å². The molecule has 0 unspecified atom stereocenters. The maximum Gasteiger partial charge on any atom is 1.00 e. The molecule has 0 aromatic heterocycles. The third-order valence-electron chi connectivity index (χ3n) is 0. The molecule has 0 amide bonds. The van der Waals surface area contributed by atoms with Gasteiger partial charge in [0, 0.05) is 15.9 Å². The summed E-state index contributed by atoms with van der Waals surface area (Å²) < 4.78 is 0. The summed E-state index contributed by atoms with van der Waals surface area (Å²) in [6.07, 6.45) is 0. The van der Waals surface area contributed by atoms with Gasteiger partial charge in [0.2, 0.25) is 0 Å². The Morgan fingerprint density at radius 3 is 2.00 bits per heavy atom. The zero-order valence-corrected chi connectivity index (χ0v) is 6.32. The summed E-state index contributed by atoms with van der Waals surface area (Å²) in [4.78, 5) is 7.90. The second-order valence-electron chi connectivity index (χ2n) is 0.253. The third kappa shape index (κ3) is 47.7. The van der Waals surface area contributed by atoms with E-state index in [0.29, 0.717) is 0 Å². The normalized spacial score (nSPS) is 5.00. The molecule has 0 spiro atoms. The van der Waals surface area contributed by atoms with Crippen LogP contribution >= 0.6 is 15.9 Å². The first-order valence-electron chi connectivity index (χ1n) is 0.617. The van der Waals surface area contributed by atoms with E-state index in [1.54, 1.807) is 0 Å². The Morgan fingerprint density at radius 1 is 2.00 bits per heavy atom. The van der Waals surface area contributed by atoms with Crippen molar-refractivity contribution < 1.29 is 40.9 Å². The Bertz CT molecular complexity index is 36.5. The average molecular weight is 149 g/mol. The van der Waals surface area contributed by atoms with E-state index >= 15 is 0 Å². The van der Waals surface area contributed by atoms with Gasteiger partial charge in [-0.25, -0.2) is 4.79 Å². The summed E-state index contributed by atoms with van der Waals surface area (Å²) in [5.74, 6) is 0. The molecule has 0 fully saturated rings. The van der Waals surface area contributed by atoms with Crippen LogP contribution in [0, 0.1) is 0 Å². The molecule has 2 nitrogen and oxygen atoms in total. The summed E-state index contributed by atoms with van der Waals surface area (Å²) >= 11 is 2.19. The van der Waals surface area contributed by atoms with Crippen molar-refractivity contribution in [1.29, 1.82) is 0 Å². The summed E-state index contributed by atoms with van der Waals surface area (Å²) in [5, 5.41) is 7.33. The topological polar surface area (TPSA) is 37.3 Å². The Labute approximate surface area is 61.5 Å². The number of hydrogen-bond donors (Lipinski definition) is 1. The zero-order valence-electron chi connectivity index (χ0n) is 3.73. The summed E-state index contributed by atoms with van der Waals surface area (Å²) in [6, 6.07) is 0. The van der Waals surface area contributed by atoms with E-state index in [1.807, 2.05) is 0 Å². The molecule has 1 N–H and O–H groups in total. The van der Waals surface area contributed by atoms with Crippen molar-refractivity contribution in [2.75, 3.05) is 0 Å². The van der Waals surface area contributed by atoms with E-state index in [-0.39, 0.29) is 31.0 Å². The minimum atomic E-state index is -1.02. The molecule has 0 aliphatic heterocycles. The van der Waals surface area contributed by atoms with Crippen molar-refractivity contribution in [3.05, 3.63) is 0 Å². The fourth-order valence-corrected chi connectivity index (χ4v) is 0. The van der Waals surface area contributed by atoms with Crippen molar-refractivity contribution in [2.45, 2.75) is 0 Å². The Morgan fingerprint density at radius 2 is 2.00 bits per heavy atom. The predicted octanol–water partition coefficient (Wildman–Crippen LogP) is -1.82. The first kappa shape index (κ1) is 9.34. The van der Waals surface area contributed by atoms with E-state index in [0.717, 1.165) is 0 Å². The van der Waals surface area contributed by atoms with Gasteiger partial charge in [-0.05, 0) is 0 Å². The van der Waals surface area contributed by atoms with Crippen LogP contribution in [0.5, 0.6) is 0 Å². The SMILES string of the molecule is O=C(O)Br.[H-].[Na+]. The maximum absolute atomic E-state index is 8.92. The standard InChI is InChI=1S/CHBrO2.Na.H/c2-1(3)4;;/h(H,3,4);;/q;+1;-1. The van der Waals surface area contributed by atoms with Crippen LogP contribution in [0.3, 0.4) is 0 Å². The third-order valence-corrected chi connectivity index (χ3v) is 0. The van der Waals surface area contributed by atoms with Crippen molar-refractivity contribution in [3.8, 4) is 0 Å². The maximum atomic E-state index is 8.92. The molecule has 0 atom stereocenters. The second-order valence-corrected chi connectivity index (χ2v) is 0.931. The number of hydrogen-bond acceptors (Lipinski definition) is 1. The minimum absolute atomic E-state index is 0. The van der Waals surface area contributed by atoms with Crippen LogP contribution in [0.15, 0.2) is 0 Å². The van der Waals surface area contributed by atoms with Crippen LogP contribution in [0.4, 0.5) is 4.79 Å². The van der Waals surface area contributed by atoms with Gasteiger partial charge in [-0.3, -0.25) is 0 Å². The molecule has 0 aromatic carbocycles. The molecule has 0 rings (SSSR count). The van der Waals surface area contributed by atoms with Gasteiger partial charge in [-0.2, -0.15) is 0 Å². The quantitative estimate of drug-likeness (QED) is 0.325. The van der Waals surface area contributed by atoms with Crippen LogP contribution in [0.1, 0.15) is 1.43 Å². The molecular formula is CH2BrNaO2. The molecule has 0 heterocycles. The summed E-state index contributed by atoms with van der Waals surface area (Å²) in [5.41, 5.74) is 0. The number of halogens is 1. The van der Waals surface area contributed by atoms with E-state index in [1.165, 1.54) is 0 Å². The number of carbonyl (C=O) groups is 1. The smallest absolute Gasteiger partial charge is 1.00 e. The van der Waals surface area contributed by atoms with E-state index in [2.05, 4.69) is 15.9 Å². The van der Waals surface area contributed by atoms with Gasteiger partial charge in [0.25, 0.3) is 0 Å². The van der Waals surface area contributed by atoms with Gasteiger partial charge in [-0.1, -0.05) is 0 Å². The molecule has 0 aromatic rings. The molecular weight excluding hydrogens is 147 g/mol. The minimum Gasteiger partial charge on any atom is -1.00 e. The summed E-state index contributed by atoms with van der Waals surface area (Å²) in [7, 11) is 0. The van der Waals surface area contributed by atoms with Crippen LogP contribution in [-0.2, 0) is 0 Å². The molecule has 0 bridgehead atoms. The van der Waals surface area contributed by atoms with Gasteiger partial charge in [0.15, 0.2) is 0 Å². The molecule has 4 heteroatoms. The van der Waals surface area contributed by atoms with Crippen LogP contribution in [0.2, 0.25) is 0 Å². The van der Waals surface area contributed by atoms with Crippen LogP contribution < -0.4 is 29.6 Å². The van der Waals surface area contributed by atoms with Crippen molar-refractivity contribution in [3.63, 3.8) is 0 Å². The summed E-state index contributed by atoms with van der Waals surface area (Å²) in [6.45, 7) is 0. The van der Waals surface area contributed by atoms with Gasteiger partial charge >= 0.3 is 34.4 Å². The van der Waals surface area contributed by atoms with Crippen LogP contribution in [-0.4, -0.2) is 9.99 Å². The first-order valence-corrected chi connectivity index (χ1v) is 1.41. The molecule has 0 saturated carbocycles.